The lowest BCUT2D eigenvalue weighted by Gasteiger charge is -2.28. The number of hydrogen-bond acceptors (Lipinski definition) is 4. The van der Waals surface area contributed by atoms with Crippen molar-refractivity contribution in [3.05, 3.63) is 93.7 Å². The van der Waals surface area contributed by atoms with Crippen molar-refractivity contribution in [3.63, 3.8) is 0 Å². The van der Waals surface area contributed by atoms with Gasteiger partial charge >= 0.3 is 0 Å². The number of thiophene rings is 1. The summed E-state index contributed by atoms with van der Waals surface area (Å²) in [6.45, 7) is 6.03. The zero-order valence-electron chi connectivity index (χ0n) is 19.4. The van der Waals surface area contributed by atoms with Crippen LogP contribution in [0.3, 0.4) is 0 Å². The summed E-state index contributed by atoms with van der Waals surface area (Å²) in [5.74, 6) is -0.218. The van der Waals surface area contributed by atoms with Crippen LogP contribution in [0.25, 0.3) is 0 Å². The van der Waals surface area contributed by atoms with Gasteiger partial charge in [0, 0.05) is 18.0 Å². The Labute approximate surface area is 200 Å². The molecule has 0 atom stereocenters. The largest absolute Gasteiger partial charge is 0.367 e. The second kappa shape index (κ2) is 12.9. The first-order chi connectivity index (χ1) is 16.1. The summed E-state index contributed by atoms with van der Waals surface area (Å²) in [7, 11) is 0. The van der Waals surface area contributed by atoms with E-state index in [1.807, 2.05) is 77.9 Å². The Bertz CT molecular complexity index is 1000. The van der Waals surface area contributed by atoms with Crippen LogP contribution in [-0.2, 0) is 34.0 Å². The van der Waals surface area contributed by atoms with Gasteiger partial charge in [-0.3, -0.25) is 9.59 Å². The van der Waals surface area contributed by atoms with E-state index >= 15 is 0 Å². The van der Waals surface area contributed by atoms with E-state index in [1.54, 1.807) is 16.2 Å². The summed E-state index contributed by atoms with van der Waals surface area (Å²) < 4.78 is 5.63. The molecule has 0 fully saturated rings. The normalized spacial score (nSPS) is 10.7. The molecule has 0 aliphatic rings. The van der Waals surface area contributed by atoms with Crippen molar-refractivity contribution >= 4 is 23.2 Å². The van der Waals surface area contributed by atoms with Crippen LogP contribution < -0.4 is 0 Å². The van der Waals surface area contributed by atoms with Crippen LogP contribution in [-0.4, -0.2) is 41.3 Å². The van der Waals surface area contributed by atoms with E-state index in [0.29, 0.717) is 26.2 Å². The number of hydrogen-bond donors (Lipinski definition) is 0. The number of carbonyl (C=O) groups is 2. The molecule has 0 aliphatic heterocycles. The fourth-order valence-corrected chi connectivity index (χ4v) is 4.44. The van der Waals surface area contributed by atoms with E-state index in [2.05, 4.69) is 13.0 Å². The SMILES string of the molecule is CCCN(CC(=O)N(Cc1ccccc1)Cc1sccc1C)C(=O)COCc1ccccc1. The van der Waals surface area contributed by atoms with Gasteiger partial charge in [-0.15, -0.1) is 11.3 Å². The van der Waals surface area contributed by atoms with Crippen molar-refractivity contribution in [1.82, 2.24) is 9.80 Å². The molecular formula is C27H32N2O3S. The van der Waals surface area contributed by atoms with Gasteiger partial charge < -0.3 is 14.5 Å². The molecule has 174 valence electrons. The predicted octanol–water partition coefficient (Wildman–Crippen LogP) is 5.04. The van der Waals surface area contributed by atoms with Crippen molar-refractivity contribution in [2.24, 2.45) is 0 Å². The molecular weight excluding hydrogens is 432 g/mol. The third kappa shape index (κ3) is 7.84. The van der Waals surface area contributed by atoms with Crippen molar-refractivity contribution < 1.29 is 14.3 Å². The molecule has 0 saturated carbocycles. The molecule has 1 aromatic heterocycles. The van der Waals surface area contributed by atoms with Crippen LogP contribution in [0.2, 0.25) is 0 Å². The third-order valence-corrected chi connectivity index (χ3v) is 6.39. The first-order valence-corrected chi connectivity index (χ1v) is 12.2. The number of amides is 2. The van der Waals surface area contributed by atoms with Gasteiger partial charge in [-0.05, 0) is 41.5 Å². The molecule has 0 unspecified atom stereocenters. The molecule has 2 amide bonds. The number of aryl methyl sites for hydroxylation is 1. The zero-order valence-corrected chi connectivity index (χ0v) is 20.2. The average Bonchev–Trinajstić information content (AvgIpc) is 3.24. The molecule has 0 N–H and O–H groups in total. The lowest BCUT2D eigenvalue weighted by molar-refractivity contribution is -0.144. The Morgan fingerprint density at radius 1 is 0.848 bits per heavy atom. The topological polar surface area (TPSA) is 49.9 Å². The van der Waals surface area contributed by atoms with Gasteiger partial charge in [0.25, 0.3) is 0 Å². The van der Waals surface area contributed by atoms with E-state index in [1.165, 1.54) is 10.4 Å². The number of rotatable bonds is 12. The van der Waals surface area contributed by atoms with Gasteiger partial charge in [-0.25, -0.2) is 0 Å². The van der Waals surface area contributed by atoms with Crippen LogP contribution >= 0.6 is 11.3 Å². The third-order valence-electron chi connectivity index (χ3n) is 5.38. The summed E-state index contributed by atoms with van der Waals surface area (Å²) in [6, 6.07) is 21.8. The zero-order chi connectivity index (χ0) is 23.5. The van der Waals surface area contributed by atoms with Crippen LogP contribution in [0.15, 0.2) is 72.1 Å². The first-order valence-electron chi connectivity index (χ1n) is 11.3. The predicted molar refractivity (Wildman–Crippen MR) is 133 cm³/mol. The molecule has 6 heteroatoms. The van der Waals surface area contributed by atoms with Gasteiger partial charge in [0.2, 0.25) is 11.8 Å². The van der Waals surface area contributed by atoms with Gasteiger partial charge in [0.15, 0.2) is 0 Å². The smallest absolute Gasteiger partial charge is 0.249 e. The molecule has 0 spiro atoms. The molecule has 0 aliphatic carbocycles. The Morgan fingerprint density at radius 3 is 2.12 bits per heavy atom. The highest BCUT2D eigenvalue weighted by Crippen LogP contribution is 2.19. The maximum atomic E-state index is 13.4. The quantitative estimate of drug-likeness (QED) is 0.377. The van der Waals surface area contributed by atoms with Crippen molar-refractivity contribution in [2.45, 2.75) is 40.0 Å². The monoisotopic (exact) mass is 464 g/mol. The highest BCUT2D eigenvalue weighted by molar-refractivity contribution is 7.10. The molecule has 0 saturated heterocycles. The van der Waals surface area contributed by atoms with Gasteiger partial charge in [-0.2, -0.15) is 0 Å². The highest BCUT2D eigenvalue weighted by Gasteiger charge is 2.22. The van der Waals surface area contributed by atoms with E-state index in [4.69, 9.17) is 4.74 Å². The minimum absolute atomic E-state index is 0.0368. The Hall–Kier alpha value is -2.96. The van der Waals surface area contributed by atoms with E-state index < -0.39 is 0 Å². The number of benzene rings is 2. The summed E-state index contributed by atoms with van der Waals surface area (Å²) in [6.07, 6.45) is 0.778. The van der Waals surface area contributed by atoms with Crippen LogP contribution in [0.1, 0.15) is 34.9 Å². The summed E-state index contributed by atoms with van der Waals surface area (Å²) in [5, 5.41) is 2.05. The summed E-state index contributed by atoms with van der Waals surface area (Å²) >= 11 is 1.66. The minimum atomic E-state index is -0.159. The standard InChI is InChI=1S/C27H32N2O3S/c1-3-15-28(27(31)21-32-20-24-12-8-5-9-13-24)19-26(30)29(17-23-10-6-4-7-11-23)18-25-22(2)14-16-33-25/h4-14,16H,3,15,17-21H2,1-2H3. The van der Waals surface area contributed by atoms with Gasteiger partial charge in [0.05, 0.1) is 19.7 Å². The fourth-order valence-electron chi connectivity index (χ4n) is 3.52. The lowest BCUT2D eigenvalue weighted by atomic mass is 10.2. The molecule has 3 rings (SSSR count). The molecule has 5 nitrogen and oxygen atoms in total. The molecule has 2 aromatic carbocycles. The second-order valence-electron chi connectivity index (χ2n) is 8.06. The maximum Gasteiger partial charge on any atom is 0.249 e. The summed E-state index contributed by atoms with van der Waals surface area (Å²) in [4.78, 5) is 30.8. The molecule has 0 bridgehead atoms. The van der Waals surface area contributed by atoms with E-state index in [-0.39, 0.29) is 25.0 Å². The number of ether oxygens (including phenoxy) is 1. The van der Waals surface area contributed by atoms with Crippen molar-refractivity contribution in [3.8, 4) is 0 Å². The summed E-state index contributed by atoms with van der Waals surface area (Å²) in [5.41, 5.74) is 3.27. The molecule has 1 heterocycles. The van der Waals surface area contributed by atoms with E-state index in [0.717, 1.165) is 17.5 Å². The molecule has 33 heavy (non-hydrogen) atoms. The van der Waals surface area contributed by atoms with Gasteiger partial charge in [-0.1, -0.05) is 67.6 Å². The van der Waals surface area contributed by atoms with Crippen LogP contribution in [0, 0.1) is 6.92 Å². The number of carbonyl (C=O) groups excluding carboxylic acids is 2. The van der Waals surface area contributed by atoms with Crippen molar-refractivity contribution in [2.75, 3.05) is 19.7 Å². The Morgan fingerprint density at radius 2 is 1.52 bits per heavy atom. The minimum Gasteiger partial charge on any atom is -0.367 e. The molecule has 3 aromatic rings. The fraction of sp³-hybridized carbons (Fsp3) is 0.333. The second-order valence-corrected chi connectivity index (χ2v) is 9.06. The molecule has 0 radical (unpaired) electrons. The van der Waals surface area contributed by atoms with Crippen LogP contribution in [0.4, 0.5) is 0 Å². The number of nitrogens with zero attached hydrogens (tertiary/aromatic N) is 2. The Balaban J connectivity index is 1.64. The highest BCUT2D eigenvalue weighted by atomic mass is 32.1. The lowest BCUT2D eigenvalue weighted by Crippen LogP contribution is -2.44. The van der Waals surface area contributed by atoms with Gasteiger partial charge in [0.1, 0.15) is 6.61 Å². The maximum absolute atomic E-state index is 13.4. The van der Waals surface area contributed by atoms with Crippen molar-refractivity contribution in [1.29, 1.82) is 0 Å². The van der Waals surface area contributed by atoms with E-state index in [9.17, 15) is 9.59 Å². The first kappa shape index (κ1) is 24.7. The van der Waals surface area contributed by atoms with Crippen LogP contribution in [0.5, 0.6) is 0 Å². The Kier molecular flexibility index (Phi) is 9.66. The average molecular weight is 465 g/mol.